The van der Waals surface area contributed by atoms with Crippen molar-refractivity contribution in [1.82, 2.24) is 8.96 Å². The minimum Gasteiger partial charge on any atom is -0.490 e. The van der Waals surface area contributed by atoms with Gasteiger partial charge in [0, 0.05) is 18.0 Å². The van der Waals surface area contributed by atoms with Gasteiger partial charge >= 0.3 is 0 Å². The highest BCUT2D eigenvalue weighted by Crippen LogP contribution is 2.33. The number of benzene rings is 2. The van der Waals surface area contributed by atoms with Gasteiger partial charge < -0.3 is 9.47 Å². The van der Waals surface area contributed by atoms with E-state index in [1.165, 1.54) is 16.4 Å². The van der Waals surface area contributed by atoms with Crippen LogP contribution in [0.15, 0.2) is 65.8 Å². The number of hydrogen-bond donors (Lipinski definition) is 0. The van der Waals surface area contributed by atoms with Gasteiger partial charge in [0.15, 0.2) is 17.3 Å². The van der Waals surface area contributed by atoms with Gasteiger partial charge in [0.1, 0.15) is 0 Å². The summed E-state index contributed by atoms with van der Waals surface area (Å²) in [5, 5.41) is 0. The predicted octanol–water partition coefficient (Wildman–Crippen LogP) is 4.36. The Bertz CT molecular complexity index is 1010. The molecule has 6 nitrogen and oxygen atoms in total. The Labute approximate surface area is 165 Å². The number of unbranched alkanes of at least 4 members (excludes halogenated alkanes) is 1. The molecule has 0 spiro atoms. The van der Waals surface area contributed by atoms with Gasteiger partial charge in [0.25, 0.3) is 10.0 Å². The van der Waals surface area contributed by atoms with Gasteiger partial charge in [0.2, 0.25) is 0 Å². The molecule has 3 aromatic rings. The summed E-state index contributed by atoms with van der Waals surface area (Å²) in [4.78, 5) is 4.48. The number of nitrogens with zero attached hydrogens (tertiary/aromatic N) is 2. The Morgan fingerprint density at radius 1 is 1.00 bits per heavy atom. The molecule has 0 fully saturated rings. The fourth-order valence-electron chi connectivity index (χ4n) is 2.75. The van der Waals surface area contributed by atoms with E-state index in [9.17, 15) is 8.42 Å². The molecule has 0 N–H and O–H groups in total. The second-order valence-electron chi connectivity index (χ2n) is 6.16. The summed E-state index contributed by atoms with van der Waals surface area (Å²) in [5.41, 5.74) is 0.635. The second-order valence-corrected chi connectivity index (χ2v) is 7.98. The maximum absolute atomic E-state index is 13.0. The first kappa shape index (κ1) is 19.9. The zero-order chi connectivity index (χ0) is 20.0. The number of hydrogen-bond acceptors (Lipinski definition) is 5. The molecule has 0 aliphatic rings. The SMILES string of the molecule is CCCCOc1ccc(-c2nccn2S(=O)(=O)c2ccccc2)cc1OCC. The largest absolute Gasteiger partial charge is 0.490 e. The van der Waals surface area contributed by atoms with Crippen LogP contribution in [0.25, 0.3) is 11.4 Å². The third kappa shape index (κ3) is 4.20. The molecule has 0 bridgehead atoms. The molecule has 1 aromatic heterocycles. The third-order valence-corrected chi connectivity index (χ3v) is 5.85. The van der Waals surface area contributed by atoms with Crippen LogP contribution < -0.4 is 9.47 Å². The van der Waals surface area contributed by atoms with Gasteiger partial charge in [-0.05, 0) is 43.7 Å². The number of rotatable bonds is 9. The van der Waals surface area contributed by atoms with Crippen LogP contribution in [0, 0.1) is 0 Å². The molecule has 3 rings (SSSR count). The lowest BCUT2D eigenvalue weighted by Gasteiger charge is -2.14. The minimum absolute atomic E-state index is 0.207. The molecule has 28 heavy (non-hydrogen) atoms. The monoisotopic (exact) mass is 400 g/mol. The van der Waals surface area contributed by atoms with Crippen molar-refractivity contribution in [1.29, 1.82) is 0 Å². The van der Waals surface area contributed by atoms with E-state index >= 15 is 0 Å². The van der Waals surface area contributed by atoms with Crippen LogP contribution in [0.2, 0.25) is 0 Å². The Balaban J connectivity index is 1.99. The highest BCUT2D eigenvalue weighted by atomic mass is 32.2. The van der Waals surface area contributed by atoms with Crippen molar-refractivity contribution in [2.24, 2.45) is 0 Å². The fourth-order valence-corrected chi connectivity index (χ4v) is 4.08. The van der Waals surface area contributed by atoms with E-state index in [1.54, 1.807) is 48.5 Å². The van der Waals surface area contributed by atoms with Gasteiger partial charge in [-0.3, -0.25) is 0 Å². The van der Waals surface area contributed by atoms with Crippen LogP contribution in [0.1, 0.15) is 26.7 Å². The standard InChI is InChI=1S/C21H24N2O4S/c1-3-5-15-27-19-12-11-17(16-20(19)26-4-2)21-22-13-14-23(21)28(24,25)18-9-7-6-8-10-18/h6-14,16H,3-5,15H2,1-2H3. The van der Waals surface area contributed by atoms with Crippen LogP contribution in [-0.4, -0.2) is 30.6 Å². The Hall–Kier alpha value is -2.80. The average molecular weight is 401 g/mol. The van der Waals surface area contributed by atoms with Crippen LogP contribution >= 0.6 is 0 Å². The van der Waals surface area contributed by atoms with Crippen molar-refractivity contribution in [2.75, 3.05) is 13.2 Å². The Morgan fingerprint density at radius 3 is 2.50 bits per heavy atom. The zero-order valence-electron chi connectivity index (χ0n) is 16.0. The van der Waals surface area contributed by atoms with Crippen LogP contribution in [-0.2, 0) is 10.0 Å². The van der Waals surface area contributed by atoms with E-state index < -0.39 is 10.0 Å². The normalized spacial score (nSPS) is 11.4. The maximum Gasteiger partial charge on any atom is 0.269 e. The molecule has 1 heterocycles. The summed E-state index contributed by atoms with van der Waals surface area (Å²) in [5.74, 6) is 1.54. The van der Waals surface area contributed by atoms with Crippen molar-refractivity contribution < 1.29 is 17.9 Å². The summed E-state index contributed by atoms with van der Waals surface area (Å²) >= 11 is 0. The van der Waals surface area contributed by atoms with E-state index in [0.717, 1.165) is 12.8 Å². The molecule has 0 saturated heterocycles. The van der Waals surface area contributed by atoms with Gasteiger partial charge in [-0.15, -0.1) is 0 Å². The summed E-state index contributed by atoms with van der Waals surface area (Å²) in [6.45, 7) is 5.07. The molecule has 0 amide bonds. The molecule has 0 aliphatic carbocycles. The van der Waals surface area contributed by atoms with E-state index in [4.69, 9.17) is 9.47 Å². The Kier molecular flexibility index (Phi) is 6.36. The minimum atomic E-state index is -3.75. The summed E-state index contributed by atoms with van der Waals surface area (Å²) in [6.07, 6.45) is 4.91. The summed E-state index contributed by atoms with van der Waals surface area (Å²) in [6, 6.07) is 13.7. The third-order valence-electron chi connectivity index (χ3n) is 4.16. The number of ether oxygens (including phenoxy) is 2. The molecule has 0 saturated carbocycles. The van der Waals surface area contributed by atoms with Gasteiger partial charge in [0.05, 0.1) is 18.1 Å². The zero-order valence-corrected chi connectivity index (χ0v) is 16.9. The first-order valence-electron chi connectivity index (χ1n) is 9.32. The predicted molar refractivity (Wildman–Crippen MR) is 108 cm³/mol. The molecular formula is C21H24N2O4S. The molecule has 0 unspecified atom stereocenters. The van der Waals surface area contributed by atoms with Crippen molar-refractivity contribution in [3.8, 4) is 22.9 Å². The first-order valence-corrected chi connectivity index (χ1v) is 10.8. The second kappa shape index (κ2) is 8.93. The molecular weight excluding hydrogens is 376 g/mol. The van der Waals surface area contributed by atoms with Crippen molar-refractivity contribution >= 4 is 10.0 Å². The van der Waals surface area contributed by atoms with Crippen molar-refractivity contribution in [3.05, 3.63) is 60.9 Å². The highest BCUT2D eigenvalue weighted by Gasteiger charge is 2.21. The van der Waals surface area contributed by atoms with Gasteiger partial charge in [-0.1, -0.05) is 31.5 Å². The van der Waals surface area contributed by atoms with Gasteiger partial charge in [-0.2, -0.15) is 0 Å². The molecule has 148 valence electrons. The van der Waals surface area contributed by atoms with E-state index in [2.05, 4.69) is 11.9 Å². The molecule has 7 heteroatoms. The fraction of sp³-hybridized carbons (Fsp3) is 0.286. The molecule has 0 radical (unpaired) electrons. The van der Waals surface area contributed by atoms with Crippen LogP contribution in [0.4, 0.5) is 0 Å². The molecule has 0 aliphatic heterocycles. The lowest BCUT2D eigenvalue weighted by Crippen LogP contribution is -2.13. The summed E-state index contributed by atoms with van der Waals surface area (Å²) in [7, 11) is -3.75. The number of imidazole rings is 1. The van der Waals surface area contributed by atoms with Gasteiger partial charge in [-0.25, -0.2) is 17.4 Å². The smallest absolute Gasteiger partial charge is 0.269 e. The van der Waals surface area contributed by atoms with Crippen molar-refractivity contribution in [3.63, 3.8) is 0 Å². The van der Waals surface area contributed by atoms with E-state index in [-0.39, 0.29) is 4.90 Å². The maximum atomic E-state index is 13.0. The van der Waals surface area contributed by atoms with E-state index in [0.29, 0.717) is 36.1 Å². The highest BCUT2D eigenvalue weighted by molar-refractivity contribution is 7.90. The summed E-state index contributed by atoms with van der Waals surface area (Å²) < 4.78 is 38.7. The van der Waals surface area contributed by atoms with Crippen LogP contribution in [0.3, 0.4) is 0 Å². The quantitative estimate of drug-likeness (QED) is 0.499. The number of aromatic nitrogens is 2. The van der Waals surface area contributed by atoms with Crippen molar-refractivity contribution in [2.45, 2.75) is 31.6 Å². The Morgan fingerprint density at radius 2 is 1.79 bits per heavy atom. The molecule has 2 aromatic carbocycles. The van der Waals surface area contributed by atoms with Crippen LogP contribution in [0.5, 0.6) is 11.5 Å². The lowest BCUT2D eigenvalue weighted by atomic mass is 10.2. The topological polar surface area (TPSA) is 70.4 Å². The van der Waals surface area contributed by atoms with E-state index in [1.807, 2.05) is 6.92 Å². The first-order chi connectivity index (χ1) is 13.6. The average Bonchev–Trinajstić information content (AvgIpc) is 3.21. The molecule has 0 atom stereocenters. The lowest BCUT2D eigenvalue weighted by molar-refractivity contribution is 0.273.